The number of rotatable bonds is 5. The molecule has 1 saturated heterocycles. The second-order valence-corrected chi connectivity index (χ2v) is 9.88. The highest BCUT2D eigenvalue weighted by Gasteiger charge is 2.36. The zero-order valence-corrected chi connectivity index (χ0v) is 20.7. The van der Waals surface area contributed by atoms with Crippen molar-refractivity contribution in [1.29, 1.82) is 0 Å². The molecule has 10 nitrogen and oxygen atoms in total. The van der Waals surface area contributed by atoms with Crippen LogP contribution in [-0.2, 0) is 6.67 Å². The Morgan fingerprint density at radius 2 is 1.73 bits per heavy atom. The molecule has 4 aromatic rings. The maximum atomic E-state index is 13.2. The molecule has 0 N–H and O–H groups in total. The van der Waals surface area contributed by atoms with Crippen molar-refractivity contribution in [3.05, 3.63) is 77.4 Å². The second-order valence-electron chi connectivity index (χ2n) is 9.88. The van der Waals surface area contributed by atoms with Crippen molar-refractivity contribution in [3.63, 3.8) is 0 Å². The van der Waals surface area contributed by atoms with Crippen LogP contribution in [0.5, 0.6) is 0 Å². The molecule has 0 saturated carbocycles. The van der Waals surface area contributed by atoms with E-state index in [1.807, 2.05) is 46.2 Å². The number of carbonyl (C=O) groups excluding carboxylic acids is 3. The minimum atomic E-state index is -0.286. The summed E-state index contributed by atoms with van der Waals surface area (Å²) in [6.07, 6.45) is 4.99. The molecule has 2 aromatic carbocycles. The van der Waals surface area contributed by atoms with E-state index in [1.54, 1.807) is 36.7 Å². The largest absolute Gasteiger partial charge is 0.339 e. The summed E-state index contributed by atoms with van der Waals surface area (Å²) in [5, 5.41) is 8.43. The van der Waals surface area contributed by atoms with Crippen LogP contribution in [0.4, 0.5) is 0 Å². The number of likely N-dealkylation sites (tertiary alicyclic amines) is 1. The second kappa shape index (κ2) is 8.95. The lowest BCUT2D eigenvalue weighted by Crippen LogP contribution is -2.39. The molecular weight excluding hydrogens is 470 g/mol. The summed E-state index contributed by atoms with van der Waals surface area (Å²) in [4.78, 5) is 46.5. The fourth-order valence-corrected chi connectivity index (χ4v) is 5.30. The average molecular weight is 498 g/mol. The molecule has 0 unspecified atom stereocenters. The lowest BCUT2D eigenvalue weighted by Gasteiger charge is -2.32. The Labute approximate surface area is 213 Å². The quantitative estimate of drug-likeness (QED) is 0.391. The first-order valence-corrected chi connectivity index (χ1v) is 12.5. The van der Waals surface area contributed by atoms with Gasteiger partial charge in [0.15, 0.2) is 0 Å². The molecule has 0 bridgehead atoms. The number of imidazole rings is 1. The highest BCUT2D eigenvalue weighted by Crippen LogP contribution is 2.30. The van der Waals surface area contributed by atoms with E-state index in [1.165, 1.54) is 4.90 Å². The van der Waals surface area contributed by atoms with E-state index >= 15 is 0 Å². The third-order valence-corrected chi connectivity index (χ3v) is 7.27. The van der Waals surface area contributed by atoms with E-state index < -0.39 is 0 Å². The van der Waals surface area contributed by atoms with Crippen molar-refractivity contribution in [2.24, 2.45) is 0 Å². The van der Waals surface area contributed by atoms with Crippen LogP contribution in [0.3, 0.4) is 0 Å². The van der Waals surface area contributed by atoms with Gasteiger partial charge in [0.1, 0.15) is 18.0 Å². The standard InChI is InChI=1S/C27H27N7O3/c1-17(2)34-23-8-7-19(15-22(23)29-30-34)25(35)31-12-9-18(10-13-31)24-28-11-14-32(24)16-33-26(36)20-5-3-4-6-21(20)27(33)37/h3-8,11,14-15,17-18H,9-10,12-13,16H2,1-2H3. The number of fused-ring (bicyclic) bond motifs is 2. The van der Waals surface area contributed by atoms with Crippen molar-refractivity contribution < 1.29 is 14.4 Å². The van der Waals surface area contributed by atoms with Crippen LogP contribution in [0.1, 0.15) is 75.5 Å². The molecule has 2 aromatic heterocycles. The molecule has 2 aliphatic heterocycles. The number of amides is 3. The molecule has 1 fully saturated rings. The Kier molecular flexibility index (Phi) is 5.58. The zero-order valence-electron chi connectivity index (χ0n) is 20.7. The number of hydrogen-bond acceptors (Lipinski definition) is 6. The Bertz CT molecular complexity index is 1490. The maximum Gasteiger partial charge on any atom is 0.263 e. The summed E-state index contributed by atoms with van der Waals surface area (Å²) in [6, 6.07) is 12.6. The number of piperidine rings is 1. The first kappa shape index (κ1) is 23.1. The third-order valence-electron chi connectivity index (χ3n) is 7.27. The minimum Gasteiger partial charge on any atom is -0.339 e. The first-order valence-electron chi connectivity index (χ1n) is 12.5. The fraction of sp³-hybridized carbons (Fsp3) is 0.333. The summed E-state index contributed by atoms with van der Waals surface area (Å²) in [7, 11) is 0. The number of nitrogens with zero attached hydrogens (tertiary/aromatic N) is 7. The number of carbonyl (C=O) groups is 3. The molecule has 2 aliphatic rings. The van der Waals surface area contributed by atoms with Crippen molar-refractivity contribution in [2.45, 2.75) is 45.3 Å². The van der Waals surface area contributed by atoms with E-state index in [4.69, 9.17) is 0 Å². The Morgan fingerprint density at radius 3 is 2.41 bits per heavy atom. The SMILES string of the molecule is CC(C)n1nnc2cc(C(=O)N3CCC(c4nccn4CN4C(=O)c5ccccc5C4=O)CC3)ccc21. The Hall–Kier alpha value is -4.34. The molecule has 0 atom stereocenters. The molecular formula is C27H27N7O3. The highest BCUT2D eigenvalue weighted by molar-refractivity contribution is 6.21. The zero-order chi connectivity index (χ0) is 25.7. The monoisotopic (exact) mass is 497 g/mol. The Balaban J connectivity index is 1.13. The van der Waals surface area contributed by atoms with Gasteiger partial charge in [0.05, 0.1) is 16.6 Å². The van der Waals surface area contributed by atoms with Crippen molar-refractivity contribution in [2.75, 3.05) is 13.1 Å². The van der Waals surface area contributed by atoms with Crippen LogP contribution in [0, 0.1) is 0 Å². The van der Waals surface area contributed by atoms with E-state index in [9.17, 15) is 14.4 Å². The van der Waals surface area contributed by atoms with Gasteiger partial charge < -0.3 is 9.47 Å². The van der Waals surface area contributed by atoms with Crippen LogP contribution >= 0.6 is 0 Å². The predicted octanol–water partition coefficient (Wildman–Crippen LogP) is 3.48. The number of imide groups is 1. The van der Waals surface area contributed by atoms with Gasteiger partial charge in [-0.05, 0) is 57.0 Å². The average Bonchev–Trinajstić information content (AvgIpc) is 3.62. The number of aromatic nitrogens is 5. The molecule has 3 amide bonds. The van der Waals surface area contributed by atoms with Crippen LogP contribution < -0.4 is 0 Å². The highest BCUT2D eigenvalue weighted by atomic mass is 16.2. The van der Waals surface area contributed by atoms with Gasteiger partial charge in [0.2, 0.25) is 0 Å². The summed E-state index contributed by atoms with van der Waals surface area (Å²) in [6.45, 7) is 5.41. The van der Waals surface area contributed by atoms with Gasteiger partial charge in [-0.25, -0.2) is 9.67 Å². The van der Waals surface area contributed by atoms with Gasteiger partial charge in [-0.15, -0.1) is 5.10 Å². The van der Waals surface area contributed by atoms with Gasteiger partial charge in [-0.1, -0.05) is 17.3 Å². The predicted molar refractivity (Wildman–Crippen MR) is 135 cm³/mol. The van der Waals surface area contributed by atoms with Crippen molar-refractivity contribution >= 4 is 28.8 Å². The van der Waals surface area contributed by atoms with Crippen LogP contribution in [-0.4, -0.2) is 65.2 Å². The molecule has 6 rings (SSSR count). The van der Waals surface area contributed by atoms with Crippen LogP contribution in [0.2, 0.25) is 0 Å². The Morgan fingerprint density at radius 1 is 1.03 bits per heavy atom. The van der Waals surface area contributed by atoms with Crippen molar-refractivity contribution in [3.8, 4) is 0 Å². The smallest absolute Gasteiger partial charge is 0.263 e. The third kappa shape index (κ3) is 3.89. The van der Waals surface area contributed by atoms with Gasteiger partial charge in [0, 0.05) is 43.0 Å². The van der Waals surface area contributed by atoms with Gasteiger partial charge in [0.25, 0.3) is 17.7 Å². The van der Waals surface area contributed by atoms with E-state index in [0.29, 0.717) is 35.3 Å². The molecule has 37 heavy (non-hydrogen) atoms. The molecule has 0 aliphatic carbocycles. The molecule has 0 spiro atoms. The molecule has 4 heterocycles. The van der Waals surface area contributed by atoms with E-state index in [0.717, 1.165) is 24.2 Å². The van der Waals surface area contributed by atoms with Gasteiger partial charge >= 0.3 is 0 Å². The number of hydrogen-bond donors (Lipinski definition) is 0. The minimum absolute atomic E-state index is 0.0196. The number of benzene rings is 2. The van der Waals surface area contributed by atoms with Crippen LogP contribution in [0.15, 0.2) is 54.9 Å². The summed E-state index contributed by atoms with van der Waals surface area (Å²) >= 11 is 0. The lowest BCUT2D eigenvalue weighted by atomic mass is 9.95. The fourth-order valence-electron chi connectivity index (χ4n) is 5.30. The summed E-state index contributed by atoms with van der Waals surface area (Å²) in [5.74, 6) is 0.365. The van der Waals surface area contributed by atoms with Crippen molar-refractivity contribution in [1.82, 2.24) is 34.3 Å². The topological polar surface area (TPSA) is 106 Å². The summed E-state index contributed by atoms with van der Waals surface area (Å²) in [5.41, 5.74) is 3.10. The van der Waals surface area contributed by atoms with Gasteiger partial charge in [-0.3, -0.25) is 19.3 Å². The molecule has 0 radical (unpaired) electrons. The van der Waals surface area contributed by atoms with Crippen LogP contribution in [0.25, 0.3) is 11.0 Å². The van der Waals surface area contributed by atoms with Gasteiger partial charge in [-0.2, -0.15) is 0 Å². The van der Waals surface area contributed by atoms with E-state index in [2.05, 4.69) is 15.3 Å². The lowest BCUT2D eigenvalue weighted by molar-refractivity contribution is 0.0597. The molecule has 10 heteroatoms. The van der Waals surface area contributed by atoms with E-state index in [-0.39, 0.29) is 36.3 Å². The maximum absolute atomic E-state index is 13.2. The summed E-state index contributed by atoms with van der Waals surface area (Å²) < 4.78 is 3.72. The molecule has 188 valence electrons. The normalized spacial score (nSPS) is 16.3. The first-order chi connectivity index (χ1) is 17.9.